The van der Waals surface area contributed by atoms with Crippen molar-refractivity contribution in [2.24, 2.45) is 0 Å². The quantitative estimate of drug-likeness (QED) is 0.680. The number of ether oxygens (including phenoxy) is 1. The lowest BCUT2D eigenvalue weighted by atomic mass is 10.2. The van der Waals surface area contributed by atoms with Crippen LogP contribution in [-0.2, 0) is 9.53 Å². The Labute approximate surface area is 96.6 Å². The van der Waals surface area contributed by atoms with Gasteiger partial charge in [-0.15, -0.1) is 0 Å². The molecule has 0 N–H and O–H groups in total. The van der Waals surface area contributed by atoms with Crippen molar-refractivity contribution in [2.45, 2.75) is 19.9 Å². The van der Waals surface area contributed by atoms with Crippen molar-refractivity contribution in [3.05, 3.63) is 0 Å². The van der Waals surface area contributed by atoms with E-state index in [9.17, 15) is 4.79 Å². The lowest BCUT2D eigenvalue weighted by molar-refractivity contribution is -0.137. The second kappa shape index (κ2) is 6.46. The summed E-state index contributed by atoms with van der Waals surface area (Å²) in [5.41, 5.74) is 0. The van der Waals surface area contributed by atoms with Gasteiger partial charge in [0, 0.05) is 32.8 Å². The predicted molar refractivity (Wildman–Crippen MR) is 59.7 cm³/mol. The number of nitriles is 1. The average Bonchev–Trinajstić information content (AvgIpc) is 2.35. The fourth-order valence-corrected chi connectivity index (χ4v) is 1.72. The number of rotatable bonds is 4. The molecule has 0 spiro atoms. The zero-order chi connectivity index (χ0) is 12.0. The molecule has 1 aliphatic rings. The summed E-state index contributed by atoms with van der Waals surface area (Å²) >= 11 is 0. The number of carbonyl (C=O) groups excluding carboxylic acids is 1. The van der Waals surface area contributed by atoms with Crippen molar-refractivity contribution in [2.75, 3.05) is 39.4 Å². The molecule has 90 valence electrons. The molecule has 0 aromatic heterocycles. The van der Waals surface area contributed by atoms with Crippen LogP contribution in [0, 0.1) is 11.3 Å². The number of amides is 1. The van der Waals surface area contributed by atoms with E-state index in [-0.39, 0.29) is 18.6 Å². The summed E-state index contributed by atoms with van der Waals surface area (Å²) in [5.74, 6) is 0.0473. The zero-order valence-corrected chi connectivity index (χ0v) is 9.98. The molecule has 1 amide bonds. The molecule has 1 unspecified atom stereocenters. The Morgan fingerprint density at radius 1 is 1.44 bits per heavy atom. The van der Waals surface area contributed by atoms with Crippen LogP contribution in [0.15, 0.2) is 0 Å². The molecule has 1 saturated heterocycles. The number of nitrogens with zero attached hydrogens (tertiary/aromatic N) is 3. The molecule has 0 saturated carbocycles. The Hall–Kier alpha value is -1.12. The maximum Gasteiger partial charge on any atom is 0.248 e. The number of piperazine rings is 1. The molecular weight excluding hydrogens is 206 g/mol. The lowest BCUT2D eigenvalue weighted by Gasteiger charge is -2.35. The van der Waals surface area contributed by atoms with Crippen LogP contribution in [-0.4, -0.2) is 61.1 Å². The molecule has 16 heavy (non-hydrogen) atoms. The highest BCUT2D eigenvalue weighted by atomic mass is 16.5. The zero-order valence-electron chi connectivity index (χ0n) is 9.98. The van der Waals surface area contributed by atoms with Gasteiger partial charge in [-0.25, -0.2) is 0 Å². The minimum absolute atomic E-state index is 0.0473. The van der Waals surface area contributed by atoms with Crippen LogP contribution in [0.1, 0.15) is 13.8 Å². The van der Waals surface area contributed by atoms with Crippen LogP contribution < -0.4 is 0 Å². The maximum absolute atomic E-state index is 11.6. The summed E-state index contributed by atoms with van der Waals surface area (Å²) in [6, 6.07) is 2.15. The first-order valence-corrected chi connectivity index (χ1v) is 5.68. The Morgan fingerprint density at radius 3 is 2.56 bits per heavy atom. The van der Waals surface area contributed by atoms with Crippen molar-refractivity contribution in [1.82, 2.24) is 9.80 Å². The van der Waals surface area contributed by atoms with Gasteiger partial charge in [0.1, 0.15) is 6.61 Å². The second-order valence-electron chi connectivity index (χ2n) is 3.86. The smallest absolute Gasteiger partial charge is 0.248 e. The van der Waals surface area contributed by atoms with E-state index in [0.717, 1.165) is 13.1 Å². The third kappa shape index (κ3) is 3.47. The van der Waals surface area contributed by atoms with Crippen molar-refractivity contribution in [3.63, 3.8) is 0 Å². The van der Waals surface area contributed by atoms with Crippen LogP contribution in [0.25, 0.3) is 0 Å². The fraction of sp³-hybridized carbons (Fsp3) is 0.818. The van der Waals surface area contributed by atoms with Gasteiger partial charge < -0.3 is 9.64 Å². The number of hydrogen-bond donors (Lipinski definition) is 0. The van der Waals surface area contributed by atoms with Crippen molar-refractivity contribution in [3.8, 4) is 6.07 Å². The van der Waals surface area contributed by atoms with Gasteiger partial charge in [-0.1, -0.05) is 0 Å². The average molecular weight is 225 g/mol. The van der Waals surface area contributed by atoms with E-state index in [1.54, 1.807) is 4.90 Å². The third-order valence-electron chi connectivity index (χ3n) is 2.83. The SMILES string of the molecule is CCOCC(=O)N1CCN(C(C)C#N)CC1. The predicted octanol–water partition coefficient (Wildman–Crippen LogP) is 0.0792. The molecule has 5 heteroatoms. The summed E-state index contributed by atoms with van der Waals surface area (Å²) < 4.78 is 5.09. The molecule has 1 aliphatic heterocycles. The highest BCUT2D eigenvalue weighted by molar-refractivity contribution is 5.77. The Kier molecular flexibility index (Phi) is 5.23. The molecule has 0 radical (unpaired) electrons. The maximum atomic E-state index is 11.6. The minimum Gasteiger partial charge on any atom is -0.372 e. The van der Waals surface area contributed by atoms with Gasteiger partial charge in [0.25, 0.3) is 0 Å². The summed E-state index contributed by atoms with van der Waals surface area (Å²) in [5, 5.41) is 8.79. The van der Waals surface area contributed by atoms with E-state index in [1.165, 1.54) is 0 Å². The summed E-state index contributed by atoms with van der Waals surface area (Å²) in [4.78, 5) is 15.5. The van der Waals surface area contributed by atoms with Gasteiger partial charge in [-0.2, -0.15) is 5.26 Å². The Morgan fingerprint density at radius 2 is 2.06 bits per heavy atom. The number of hydrogen-bond acceptors (Lipinski definition) is 4. The standard InChI is InChI=1S/C11H19N3O2/c1-3-16-9-11(15)14-6-4-13(5-7-14)10(2)8-12/h10H,3-7,9H2,1-2H3. The molecule has 0 aromatic carbocycles. The lowest BCUT2D eigenvalue weighted by Crippen LogP contribution is -2.51. The second-order valence-corrected chi connectivity index (χ2v) is 3.86. The number of carbonyl (C=O) groups is 1. The van der Waals surface area contributed by atoms with Gasteiger partial charge in [-0.3, -0.25) is 9.69 Å². The Bertz CT molecular complexity index is 267. The molecule has 1 atom stereocenters. The highest BCUT2D eigenvalue weighted by Gasteiger charge is 2.23. The van der Waals surface area contributed by atoms with Gasteiger partial charge in [0.15, 0.2) is 0 Å². The van der Waals surface area contributed by atoms with Crippen LogP contribution >= 0.6 is 0 Å². The van der Waals surface area contributed by atoms with Crippen LogP contribution in [0.5, 0.6) is 0 Å². The van der Waals surface area contributed by atoms with Crippen molar-refractivity contribution in [1.29, 1.82) is 5.26 Å². The molecule has 1 fully saturated rings. The first-order valence-electron chi connectivity index (χ1n) is 5.68. The first-order chi connectivity index (χ1) is 7.69. The van der Waals surface area contributed by atoms with E-state index < -0.39 is 0 Å². The summed E-state index contributed by atoms with van der Waals surface area (Å²) in [6.45, 7) is 7.42. The highest BCUT2D eigenvalue weighted by Crippen LogP contribution is 2.06. The third-order valence-corrected chi connectivity index (χ3v) is 2.83. The van der Waals surface area contributed by atoms with E-state index in [1.807, 2.05) is 13.8 Å². The molecule has 5 nitrogen and oxygen atoms in total. The van der Waals surface area contributed by atoms with Gasteiger partial charge >= 0.3 is 0 Å². The molecule has 1 rings (SSSR count). The molecule has 0 bridgehead atoms. The Balaban J connectivity index is 2.32. The fourth-order valence-electron chi connectivity index (χ4n) is 1.72. The molecule has 0 aromatic rings. The largest absolute Gasteiger partial charge is 0.372 e. The van der Waals surface area contributed by atoms with Gasteiger partial charge in [0.05, 0.1) is 12.1 Å². The molecule has 0 aliphatic carbocycles. The van der Waals surface area contributed by atoms with Crippen molar-refractivity contribution < 1.29 is 9.53 Å². The summed E-state index contributed by atoms with van der Waals surface area (Å²) in [7, 11) is 0. The molecule has 1 heterocycles. The molecular formula is C11H19N3O2. The van der Waals surface area contributed by atoms with E-state index in [4.69, 9.17) is 10.00 Å². The normalized spacial score (nSPS) is 19.2. The first kappa shape index (κ1) is 12.9. The van der Waals surface area contributed by atoms with Gasteiger partial charge in [0.2, 0.25) is 5.91 Å². The van der Waals surface area contributed by atoms with E-state index in [0.29, 0.717) is 19.7 Å². The monoisotopic (exact) mass is 225 g/mol. The van der Waals surface area contributed by atoms with E-state index >= 15 is 0 Å². The van der Waals surface area contributed by atoms with Crippen LogP contribution in [0.2, 0.25) is 0 Å². The minimum atomic E-state index is -0.0656. The van der Waals surface area contributed by atoms with E-state index in [2.05, 4.69) is 11.0 Å². The van der Waals surface area contributed by atoms with Crippen LogP contribution in [0.3, 0.4) is 0 Å². The van der Waals surface area contributed by atoms with Crippen molar-refractivity contribution >= 4 is 5.91 Å². The van der Waals surface area contributed by atoms with Gasteiger partial charge in [-0.05, 0) is 13.8 Å². The topological polar surface area (TPSA) is 56.6 Å². The summed E-state index contributed by atoms with van der Waals surface area (Å²) in [6.07, 6.45) is 0. The van der Waals surface area contributed by atoms with Crippen LogP contribution in [0.4, 0.5) is 0 Å².